The first-order valence-corrected chi connectivity index (χ1v) is 17.7. The predicted octanol–water partition coefficient (Wildman–Crippen LogP) is 9.60. The molecule has 2 N–H and O–H groups in total. The zero-order valence-corrected chi connectivity index (χ0v) is 29.7. The van der Waals surface area contributed by atoms with Gasteiger partial charge in [-0.25, -0.2) is 9.78 Å². The van der Waals surface area contributed by atoms with Crippen LogP contribution in [-0.4, -0.2) is 27.2 Å². The molecule has 3 aromatic heterocycles. The second-order valence-electron chi connectivity index (χ2n) is 13.4. The first kappa shape index (κ1) is 35.1. The van der Waals surface area contributed by atoms with Crippen LogP contribution in [0.25, 0.3) is 22.2 Å². The number of pyridine rings is 3. The lowest BCUT2D eigenvalue weighted by molar-refractivity contribution is 0.262. The van der Waals surface area contributed by atoms with E-state index in [9.17, 15) is 9.59 Å². The van der Waals surface area contributed by atoms with Crippen LogP contribution in [0.1, 0.15) is 68.2 Å². The second kappa shape index (κ2) is 16.3. The lowest BCUT2D eigenvalue weighted by atomic mass is 9.93. The SMILES string of the molecule is CC(C)c1cccc(C(C)C)c1NC(=O)Nc1c(-c2cccc(OCCc3cccnc3)c2)c2cccnc2n(CCCc2ccccc2)c1=O. The number of urea groups is 1. The largest absolute Gasteiger partial charge is 0.493 e. The fraction of sp³-hybridized carbons (Fsp3) is 0.256. The molecule has 0 saturated heterocycles. The highest BCUT2D eigenvalue weighted by Gasteiger charge is 2.23. The van der Waals surface area contributed by atoms with Gasteiger partial charge in [-0.2, -0.15) is 0 Å². The minimum Gasteiger partial charge on any atom is -0.493 e. The Kier molecular flexibility index (Phi) is 11.2. The fourth-order valence-corrected chi connectivity index (χ4v) is 6.52. The van der Waals surface area contributed by atoms with Gasteiger partial charge in [-0.1, -0.05) is 94.4 Å². The average Bonchev–Trinajstić information content (AvgIpc) is 3.14. The Bertz CT molecular complexity index is 2130. The molecule has 0 aliphatic heterocycles. The molecule has 6 aromatic rings. The third kappa shape index (κ3) is 8.35. The molecule has 0 saturated carbocycles. The molecule has 3 aromatic carbocycles. The maximum atomic E-state index is 14.6. The van der Waals surface area contributed by atoms with Crippen molar-refractivity contribution in [3.63, 3.8) is 0 Å². The van der Waals surface area contributed by atoms with Crippen LogP contribution in [0.3, 0.4) is 0 Å². The number of aryl methyl sites for hydroxylation is 2. The quantitative estimate of drug-likeness (QED) is 0.127. The van der Waals surface area contributed by atoms with Crippen LogP contribution in [0.5, 0.6) is 5.75 Å². The van der Waals surface area contributed by atoms with E-state index in [0.717, 1.165) is 46.2 Å². The molecule has 0 radical (unpaired) electrons. The van der Waals surface area contributed by atoms with E-state index >= 15 is 0 Å². The van der Waals surface area contributed by atoms with Crippen molar-refractivity contribution in [1.29, 1.82) is 0 Å². The summed E-state index contributed by atoms with van der Waals surface area (Å²) in [4.78, 5) is 37.6. The van der Waals surface area contributed by atoms with E-state index < -0.39 is 6.03 Å². The third-order valence-corrected chi connectivity index (χ3v) is 9.07. The number of fused-ring (bicyclic) bond motifs is 1. The first-order chi connectivity index (χ1) is 24.8. The summed E-state index contributed by atoms with van der Waals surface area (Å²) in [5.74, 6) is 1.02. The van der Waals surface area contributed by atoms with Crippen LogP contribution in [0.2, 0.25) is 0 Å². The molecule has 3 heterocycles. The summed E-state index contributed by atoms with van der Waals surface area (Å²) >= 11 is 0. The summed E-state index contributed by atoms with van der Waals surface area (Å²) in [6, 6.07) is 31.2. The Morgan fingerprint density at radius 2 is 1.47 bits per heavy atom. The standard InChI is InChI=1S/C43H45N5O3/c1-29(2)35-19-9-20-36(30(3)4)39(35)46-43(50)47-40-38(33-17-8-18-34(27-33)51-26-22-32-15-10-23-44-28-32)37-21-11-24-45-41(37)48(42(40)49)25-12-16-31-13-6-5-7-14-31/h5-11,13-15,17-21,23-24,27-30H,12,16,22,25-26H2,1-4H3,(H2,46,47,50). The van der Waals surface area contributed by atoms with Crippen molar-refractivity contribution in [3.8, 4) is 16.9 Å². The zero-order valence-electron chi connectivity index (χ0n) is 29.7. The van der Waals surface area contributed by atoms with E-state index in [1.807, 2.05) is 91.1 Å². The normalized spacial score (nSPS) is 11.3. The molecule has 0 fully saturated rings. The van der Waals surface area contributed by atoms with Gasteiger partial charge in [-0.3, -0.25) is 14.3 Å². The number of para-hydroxylation sites is 1. The number of carbonyl (C=O) groups is 1. The molecule has 8 heteroatoms. The lowest BCUT2D eigenvalue weighted by Gasteiger charge is -2.22. The number of anilines is 2. The highest BCUT2D eigenvalue weighted by atomic mass is 16.5. The number of hydrogen-bond acceptors (Lipinski definition) is 5. The van der Waals surface area contributed by atoms with E-state index in [4.69, 9.17) is 9.72 Å². The molecule has 2 amide bonds. The summed E-state index contributed by atoms with van der Waals surface area (Å²) in [6.07, 6.45) is 7.51. The number of aromatic nitrogens is 3. The molecular weight excluding hydrogens is 635 g/mol. The summed E-state index contributed by atoms with van der Waals surface area (Å²) in [7, 11) is 0. The van der Waals surface area contributed by atoms with E-state index in [1.54, 1.807) is 17.0 Å². The molecule has 51 heavy (non-hydrogen) atoms. The molecule has 0 aliphatic carbocycles. The highest BCUT2D eigenvalue weighted by molar-refractivity contribution is 6.07. The Balaban J connectivity index is 1.40. The minimum atomic E-state index is -0.480. The second-order valence-corrected chi connectivity index (χ2v) is 13.4. The van der Waals surface area contributed by atoms with Crippen LogP contribution in [0.4, 0.5) is 16.2 Å². The number of nitrogens with zero attached hydrogens (tertiary/aromatic N) is 3. The van der Waals surface area contributed by atoms with Crippen LogP contribution in [-0.2, 0) is 19.4 Å². The summed E-state index contributed by atoms with van der Waals surface area (Å²) in [5.41, 5.74) is 6.89. The van der Waals surface area contributed by atoms with Gasteiger partial charge in [0.15, 0.2) is 0 Å². The van der Waals surface area contributed by atoms with Gasteiger partial charge >= 0.3 is 6.03 Å². The van der Waals surface area contributed by atoms with Gasteiger partial charge in [0.2, 0.25) is 0 Å². The maximum Gasteiger partial charge on any atom is 0.323 e. The first-order valence-electron chi connectivity index (χ1n) is 17.7. The predicted molar refractivity (Wildman–Crippen MR) is 207 cm³/mol. The number of amides is 2. The number of ether oxygens (including phenoxy) is 1. The fourth-order valence-electron chi connectivity index (χ4n) is 6.52. The summed E-state index contributed by atoms with van der Waals surface area (Å²) in [6.45, 7) is 9.33. The molecule has 0 aliphatic rings. The molecule has 6 rings (SSSR count). The van der Waals surface area contributed by atoms with Crippen molar-refractivity contribution >= 4 is 28.4 Å². The van der Waals surface area contributed by atoms with Gasteiger partial charge < -0.3 is 15.4 Å². The van der Waals surface area contributed by atoms with Crippen molar-refractivity contribution in [2.75, 3.05) is 17.2 Å². The minimum absolute atomic E-state index is 0.184. The zero-order chi connectivity index (χ0) is 35.7. The molecule has 0 bridgehead atoms. The van der Waals surface area contributed by atoms with E-state index in [-0.39, 0.29) is 23.1 Å². The Hall–Kier alpha value is -5.76. The molecular formula is C43H45N5O3. The summed E-state index contributed by atoms with van der Waals surface area (Å²) < 4.78 is 7.87. The van der Waals surface area contributed by atoms with Crippen molar-refractivity contribution < 1.29 is 9.53 Å². The van der Waals surface area contributed by atoms with Crippen molar-refractivity contribution in [3.05, 3.63) is 148 Å². The molecule has 8 nitrogen and oxygen atoms in total. The third-order valence-electron chi connectivity index (χ3n) is 9.07. The van der Waals surface area contributed by atoms with E-state index in [0.29, 0.717) is 36.5 Å². The van der Waals surface area contributed by atoms with E-state index in [1.165, 1.54) is 5.56 Å². The smallest absolute Gasteiger partial charge is 0.323 e. The number of hydrogen-bond donors (Lipinski definition) is 2. The average molecular weight is 680 g/mol. The highest BCUT2D eigenvalue weighted by Crippen LogP contribution is 2.36. The summed E-state index contributed by atoms with van der Waals surface area (Å²) in [5, 5.41) is 6.92. The van der Waals surface area contributed by atoms with E-state index in [2.05, 4.69) is 55.4 Å². The van der Waals surface area contributed by atoms with Crippen LogP contribution in [0.15, 0.2) is 120 Å². The van der Waals surface area contributed by atoms with Gasteiger partial charge in [0.1, 0.15) is 17.1 Å². The van der Waals surface area contributed by atoms with Gasteiger partial charge in [-0.05, 0) is 82.8 Å². The number of rotatable bonds is 13. The van der Waals surface area contributed by atoms with Crippen molar-refractivity contribution in [1.82, 2.24) is 14.5 Å². The number of benzene rings is 3. The van der Waals surface area contributed by atoms with Crippen LogP contribution >= 0.6 is 0 Å². The molecule has 0 unspecified atom stereocenters. The number of nitrogens with one attached hydrogen (secondary N) is 2. The van der Waals surface area contributed by atoms with Crippen LogP contribution < -0.4 is 20.9 Å². The maximum absolute atomic E-state index is 14.6. The number of carbonyl (C=O) groups excluding carboxylic acids is 1. The van der Waals surface area contributed by atoms with Gasteiger partial charge in [0, 0.05) is 48.2 Å². The van der Waals surface area contributed by atoms with Gasteiger partial charge in [0.05, 0.1) is 6.61 Å². The van der Waals surface area contributed by atoms with Crippen molar-refractivity contribution in [2.45, 2.75) is 65.3 Å². The monoisotopic (exact) mass is 679 g/mol. The topological polar surface area (TPSA) is 98.1 Å². The van der Waals surface area contributed by atoms with Crippen molar-refractivity contribution in [2.24, 2.45) is 0 Å². The Morgan fingerprint density at radius 1 is 0.765 bits per heavy atom. The Labute approximate surface area is 299 Å². The molecule has 0 spiro atoms. The molecule has 260 valence electrons. The van der Waals surface area contributed by atoms with Crippen LogP contribution in [0, 0.1) is 0 Å². The molecule has 0 atom stereocenters. The lowest BCUT2D eigenvalue weighted by Crippen LogP contribution is -2.30. The van der Waals surface area contributed by atoms with Gasteiger partial charge in [0.25, 0.3) is 5.56 Å². The Morgan fingerprint density at radius 3 is 2.20 bits per heavy atom. The van der Waals surface area contributed by atoms with Gasteiger partial charge in [-0.15, -0.1) is 0 Å².